The summed E-state index contributed by atoms with van der Waals surface area (Å²) in [7, 11) is 1.54. The molecule has 0 fully saturated rings. The van der Waals surface area contributed by atoms with Crippen LogP contribution in [0.1, 0.15) is 28.4 Å². The van der Waals surface area contributed by atoms with Gasteiger partial charge in [-0.15, -0.1) is 11.3 Å². The number of ether oxygens (including phenoxy) is 1. The Morgan fingerprint density at radius 3 is 2.64 bits per heavy atom. The fourth-order valence-electron chi connectivity index (χ4n) is 1.02. The first-order valence-electron chi connectivity index (χ1n) is 4.10. The second-order valence-corrected chi connectivity index (χ2v) is 4.15. The van der Waals surface area contributed by atoms with Crippen LogP contribution in [0.3, 0.4) is 0 Å². The Morgan fingerprint density at radius 2 is 2.21 bits per heavy atom. The molecule has 1 aromatic heterocycles. The first-order chi connectivity index (χ1) is 6.54. The fourth-order valence-corrected chi connectivity index (χ4v) is 2.04. The van der Waals surface area contributed by atoms with Crippen LogP contribution in [0.25, 0.3) is 6.08 Å². The highest BCUT2D eigenvalue weighted by molar-refractivity contribution is 7.15. The molecule has 0 aliphatic heterocycles. The molecular formula is C10H12O3S. The van der Waals surface area contributed by atoms with Gasteiger partial charge < -0.3 is 9.84 Å². The lowest BCUT2D eigenvalue weighted by Crippen LogP contribution is -1.90. The fraction of sp³-hybridized carbons (Fsp3) is 0.300. The topological polar surface area (TPSA) is 46.5 Å². The van der Waals surface area contributed by atoms with Gasteiger partial charge in [-0.05, 0) is 19.9 Å². The Morgan fingerprint density at radius 1 is 1.57 bits per heavy atom. The lowest BCUT2D eigenvalue weighted by molar-refractivity contribution is 0.0702. The number of methoxy groups -OCH3 is 1. The minimum Gasteiger partial charge on any atom is -0.495 e. The van der Waals surface area contributed by atoms with E-state index in [0.29, 0.717) is 10.6 Å². The summed E-state index contributed by atoms with van der Waals surface area (Å²) in [5.74, 6) is -0.296. The van der Waals surface area contributed by atoms with Gasteiger partial charge in [-0.25, -0.2) is 4.79 Å². The second kappa shape index (κ2) is 4.28. The van der Waals surface area contributed by atoms with Crippen LogP contribution in [0.5, 0.6) is 5.75 Å². The predicted octanol–water partition coefficient (Wildman–Crippen LogP) is 2.88. The Hall–Kier alpha value is -1.29. The molecule has 14 heavy (non-hydrogen) atoms. The van der Waals surface area contributed by atoms with E-state index < -0.39 is 5.97 Å². The largest absolute Gasteiger partial charge is 0.495 e. The minimum absolute atomic E-state index is 0.300. The third-order valence-electron chi connectivity index (χ3n) is 1.58. The van der Waals surface area contributed by atoms with E-state index in [2.05, 4.69) is 0 Å². The van der Waals surface area contributed by atoms with Crippen molar-refractivity contribution < 1.29 is 14.6 Å². The molecule has 0 aliphatic rings. The molecule has 0 spiro atoms. The van der Waals surface area contributed by atoms with Crippen molar-refractivity contribution in [3.05, 3.63) is 21.4 Å². The summed E-state index contributed by atoms with van der Waals surface area (Å²) in [6, 6.07) is 1.54. The maximum Gasteiger partial charge on any atom is 0.346 e. The van der Waals surface area contributed by atoms with E-state index in [0.717, 1.165) is 10.5 Å². The number of hydrogen-bond donors (Lipinski definition) is 1. The van der Waals surface area contributed by atoms with Gasteiger partial charge in [-0.3, -0.25) is 0 Å². The lowest BCUT2D eigenvalue weighted by atomic mass is 10.3. The molecule has 1 N–H and O–H groups in total. The van der Waals surface area contributed by atoms with Crippen molar-refractivity contribution in [2.75, 3.05) is 7.11 Å². The molecule has 0 saturated heterocycles. The van der Waals surface area contributed by atoms with Crippen LogP contribution in [-0.2, 0) is 0 Å². The maximum atomic E-state index is 10.7. The average molecular weight is 212 g/mol. The van der Waals surface area contributed by atoms with Crippen molar-refractivity contribution in [3.63, 3.8) is 0 Å². The number of carbonyl (C=O) groups is 1. The van der Waals surface area contributed by atoms with E-state index in [9.17, 15) is 4.79 Å². The number of aromatic carboxylic acids is 1. The summed E-state index contributed by atoms with van der Waals surface area (Å²) in [5.41, 5.74) is 1.11. The molecule has 3 nitrogen and oxygen atoms in total. The smallest absolute Gasteiger partial charge is 0.346 e. The SMILES string of the molecule is COc1cc(C(=O)O)sc1C=C(C)C. The molecule has 0 saturated carbocycles. The third-order valence-corrected chi connectivity index (χ3v) is 2.63. The van der Waals surface area contributed by atoms with Gasteiger partial charge in [-0.2, -0.15) is 0 Å². The molecule has 1 aromatic rings. The summed E-state index contributed by atoms with van der Waals surface area (Å²) in [6.07, 6.45) is 1.91. The predicted molar refractivity (Wildman–Crippen MR) is 57.2 cm³/mol. The van der Waals surface area contributed by atoms with E-state index in [1.807, 2.05) is 19.9 Å². The van der Waals surface area contributed by atoms with Crippen LogP contribution in [0.2, 0.25) is 0 Å². The van der Waals surface area contributed by atoms with Gasteiger partial charge in [0.2, 0.25) is 0 Å². The van der Waals surface area contributed by atoms with Crippen LogP contribution in [0, 0.1) is 0 Å². The summed E-state index contributed by atoms with van der Waals surface area (Å²) in [6.45, 7) is 3.92. The van der Waals surface area contributed by atoms with Crippen molar-refractivity contribution in [1.29, 1.82) is 0 Å². The summed E-state index contributed by atoms with van der Waals surface area (Å²) >= 11 is 1.22. The first kappa shape index (κ1) is 10.8. The van der Waals surface area contributed by atoms with Crippen molar-refractivity contribution in [2.45, 2.75) is 13.8 Å². The highest BCUT2D eigenvalue weighted by atomic mass is 32.1. The van der Waals surface area contributed by atoms with Crippen LogP contribution < -0.4 is 4.74 Å². The molecule has 76 valence electrons. The van der Waals surface area contributed by atoms with Crippen molar-refractivity contribution in [3.8, 4) is 5.75 Å². The van der Waals surface area contributed by atoms with Gasteiger partial charge in [0.1, 0.15) is 10.6 Å². The maximum absolute atomic E-state index is 10.7. The Balaban J connectivity index is 3.15. The second-order valence-electron chi connectivity index (χ2n) is 3.07. The zero-order valence-corrected chi connectivity index (χ0v) is 9.14. The first-order valence-corrected chi connectivity index (χ1v) is 4.92. The summed E-state index contributed by atoms with van der Waals surface area (Å²) in [5, 5.41) is 8.79. The number of carboxylic acids is 1. The molecule has 0 atom stereocenters. The molecule has 0 amide bonds. The number of allylic oxidation sites excluding steroid dienone is 1. The van der Waals surface area contributed by atoms with E-state index in [-0.39, 0.29) is 0 Å². The molecule has 0 bridgehead atoms. The Labute approximate surface area is 86.6 Å². The highest BCUT2D eigenvalue weighted by Crippen LogP contribution is 2.31. The van der Waals surface area contributed by atoms with Gasteiger partial charge >= 0.3 is 5.97 Å². The summed E-state index contributed by atoms with van der Waals surface area (Å²) < 4.78 is 5.08. The summed E-state index contributed by atoms with van der Waals surface area (Å²) in [4.78, 5) is 11.9. The Kier molecular flexibility index (Phi) is 3.30. The average Bonchev–Trinajstić information content (AvgIpc) is 2.46. The number of hydrogen-bond acceptors (Lipinski definition) is 3. The molecule has 0 aliphatic carbocycles. The monoisotopic (exact) mass is 212 g/mol. The van der Waals surface area contributed by atoms with Crippen LogP contribution in [0.4, 0.5) is 0 Å². The molecule has 0 aromatic carbocycles. The van der Waals surface area contributed by atoms with Crippen LogP contribution in [-0.4, -0.2) is 18.2 Å². The molecule has 0 unspecified atom stereocenters. The molecule has 1 rings (SSSR count). The lowest BCUT2D eigenvalue weighted by Gasteiger charge is -1.96. The van der Waals surface area contributed by atoms with Gasteiger partial charge in [0.05, 0.1) is 12.0 Å². The third kappa shape index (κ3) is 2.35. The molecule has 1 heterocycles. The van der Waals surface area contributed by atoms with Gasteiger partial charge in [-0.1, -0.05) is 5.57 Å². The van der Waals surface area contributed by atoms with E-state index in [1.165, 1.54) is 18.4 Å². The van der Waals surface area contributed by atoms with E-state index >= 15 is 0 Å². The zero-order valence-electron chi connectivity index (χ0n) is 8.33. The van der Waals surface area contributed by atoms with Gasteiger partial charge in [0.25, 0.3) is 0 Å². The quantitative estimate of drug-likeness (QED) is 0.838. The highest BCUT2D eigenvalue weighted by Gasteiger charge is 2.12. The number of carboxylic acid groups (broad SMARTS) is 1. The molecule has 0 radical (unpaired) electrons. The van der Waals surface area contributed by atoms with Gasteiger partial charge in [0.15, 0.2) is 0 Å². The van der Waals surface area contributed by atoms with E-state index in [1.54, 1.807) is 6.07 Å². The molecule has 4 heteroatoms. The molecular weight excluding hydrogens is 200 g/mol. The van der Waals surface area contributed by atoms with Crippen LogP contribution in [0.15, 0.2) is 11.6 Å². The van der Waals surface area contributed by atoms with Crippen LogP contribution >= 0.6 is 11.3 Å². The van der Waals surface area contributed by atoms with Crippen molar-refractivity contribution >= 4 is 23.4 Å². The van der Waals surface area contributed by atoms with Crippen molar-refractivity contribution in [2.24, 2.45) is 0 Å². The van der Waals surface area contributed by atoms with Gasteiger partial charge in [0, 0.05) is 6.07 Å². The zero-order chi connectivity index (χ0) is 10.7. The van der Waals surface area contributed by atoms with E-state index in [4.69, 9.17) is 9.84 Å². The number of thiophene rings is 1. The Bertz CT molecular complexity index is 373. The minimum atomic E-state index is -0.915. The normalized spacial score (nSPS) is 9.64. The standard InChI is InChI=1S/C10H12O3S/c1-6(2)4-8-7(13-3)5-9(14-8)10(11)12/h4-5H,1-3H3,(H,11,12). The van der Waals surface area contributed by atoms with Crippen molar-refractivity contribution in [1.82, 2.24) is 0 Å². The number of rotatable bonds is 3.